The van der Waals surface area contributed by atoms with Gasteiger partial charge in [-0.25, -0.2) is 4.79 Å². The molecular weight excluding hydrogens is 300 g/mol. The van der Waals surface area contributed by atoms with Gasteiger partial charge in [-0.05, 0) is 7.05 Å². The van der Waals surface area contributed by atoms with E-state index in [1.807, 2.05) is 0 Å². The smallest absolute Gasteiger partial charge is 0.315 e. The lowest BCUT2D eigenvalue weighted by Crippen LogP contribution is -2.67. The molecule has 0 aliphatic carbocycles. The third-order valence-corrected chi connectivity index (χ3v) is 4.80. The number of piperazine rings is 1. The molecule has 0 saturated carbocycles. The van der Waals surface area contributed by atoms with Crippen LogP contribution in [-0.2, 0) is 9.47 Å². The van der Waals surface area contributed by atoms with E-state index < -0.39 is 18.4 Å². The predicted octanol–water partition coefficient (Wildman–Crippen LogP) is -1.43. The van der Waals surface area contributed by atoms with E-state index >= 15 is 0 Å². The summed E-state index contributed by atoms with van der Waals surface area (Å²) in [5, 5.41) is 16.3. The van der Waals surface area contributed by atoms with Crippen molar-refractivity contribution in [3.05, 3.63) is 12.7 Å². The largest absolute Gasteiger partial charge is 0.389 e. The second kappa shape index (κ2) is 7.14. The van der Waals surface area contributed by atoms with E-state index in [9.17, 15) is 9.90 Å². The first-order chi connectivity index (χ1) is 11.1. The summed E-state index contributed by atoms with van der Waals surface area (Å²) in [6.45, 7) is 7.91. The molecule has 0 radical (unpaired) electrons. The summed E-state index contributed by atoms with van der Waals surface area (Å²) < 4.78 is 11.6. The summed E-state index contributed by atoms with van der Waals surface area (Å²) in [5.41, 5.74) is 0. The van der Waals surface area contributed by atoms with Gasteiger partial charge in [0.05, 0.1) is 24.8 Å². The summed E-state index contributed by atoms with van der Waals surface area (Å²) in [6, 6.07) is -1.07. The molecule has 8 nitrogen and oxygen atoms in total. The minimum atomic E-state index is -0.723. The van der Waals surface area contributed by atoms with Crippen molar-refractivity contribution in [2.75, 3.05) is 46.4 Å². The molecule has 23 heavy (non-hydrogen) atoms. The lowest BCUT2D eigenvalue weighted by Gasteiger charge is -2.46. The number of carbonyl (C=O) groups is 1. The number of hydrogen-bond donors (Lipinski definition) is 3. The molecule has 3 saturated heterocycles. The van der Waals surface area contributed by atoms with Gasteiger partial charge in [0.25, 0.3) is 0 Å². The first kappa shape index (κ1) is 16.7. The normalized spacial score (nSPS) is 38.3. The van der Waals surface area contributed by atoms with Crippen LogP contribution in [0.5, 0.6) is 0 Å². The van der Waals surface area contributed by atoms with Crippen molar-refractivity contribution in [1.82, 2.24) is 20.4 Å². The molecule has 3 aliphatic heterocycles. The van der Waals surface area contributed by atoms with Crippen LogP contribution >= 0.6 is 0 Å². The standard InChI is InChI=1S/C15H26N4O4/c1-3-4-16-15(21)17-11-10-9-22-14(23-10)12(13(11)20)19-7-5-18(2)6-8-19/h3,10-14,20H,1,4-9H2,2H3,(H2,16,17,21)/t10-,11-,12-,13+,14-/m1/s1. The third kappa shape index (κ3) is 3.51. The number of aliphatic hydroxyl groups is 1. The zero-order valence-electron chi connectivity index (χ0n) is 13.5. The Balaban J connectivity index is 1.66. The van der Waals surface area contributed by atoms with Gasteiger partial charge in [-0.1, -0.05) is 6.08 Å². The van der Waals surface area contributed by atoms with E-state index in [2.05, 4.69) is 34.1 Å². The highest BCUT2D eigenvalue weighted by Gasteiger charge is 2.52. The first-order valence-electron chi connectivity index (χ1n) is 8.13. The van der Waals surface area contributed by atoms with Crippen molar-refractivity contribution in [2.45, 2.75) is 30.6 Å². The fourth-order valence-corrected chi connectivity index (χ4v) is 3.46. The van der Waals surface area contributed by atoms with E-state index in [-0.39, 0.29) is 18.2 Å². The Bertz CT molecular complexity index is 441. The van der Waals surface area contributed by atoms with E-state index in [1.54, 1.807) is 6.08 Å². The number of nitrogens with one attached hydrogen (secondary N) is 2. The molecular formula is C15H26N4O4. The fourth-order valence-electron chi connectivity index (χ4n) is 3.46. The number of carbonyl (C=O) groups excluding carboxylic acids is 1. The van der Waals surface area contributed by atoms with Crippen LogP contribution < -0.4 is 10.6 Å². The van der Waals surface area contributed by atoms with Crippen LogP contribution in [0.3, 0.4) is 0 Å². The molecule has 3 heterocycles. The molecule has 2 bridgehead atoms. The highest BCUT2D eigenvalue weighted by molar-refractivity contribution is 5.74. The first-order valence-corrected chi connectivity index (χ1v) is 8.13. The number of amides is 2. The number of urea groups is 1. The Labute approximate surface area is 136 Å². The van der Waals surface area contributed by atoms with Gasteiger partial charge in [-0.3, -0.25) is 4.90 Å². The average molecular weight is 326 g/mol. The second-order valence-corrected chi connectivity index (χ2v) is 6.37. The van der Waals surface area contributed by atoms with Gasteiger partial charge in [0, 0.05) is 32.7 Å². The predicted molar refractivity (Wildman–Crippen MR) is 84.0 cm³/mol. The number of ether oxygens (including phenoxy) is 2. The van der Waals surface area contributed by atoms with Crippen LogP contribution in [0.25, 0.3) is 0 Å². The van der Waals surface area contributed by atoms with Crippen molar-refractivity contribution in [3.63, 3.8) is 0 Å². The van der Waals surface area contributed by atoms with E-state index in [1.165, 1.54) is 0 Å². The molecule has 130 valence electrons. The van der Waals surface area contributed by atoms with Gasteiger partial charge in [0.2, 0.25) is 0 Å². The van der Waals surface area contributed by atoms with Crippen molar-refractivity contribution >= 4 is 6.03 Å². The van der Waals surface area contributed by atoms with Crippen LogP contribution in [0, 0.1) is 0 Å². The topological polar surface area (TPSA) is 86.3 Å². The Hall–Kier alpha value is -1.19. The Morgan fingerprint density at radius 3 is 2.83 bits per heavy atom. The average Bonchev–Trinajstić information content (AvgIpc) is 2.97. The lowest BCUT2D eigenvalue weighted by molar-refractivity contribution is -0.184. The van der Waals surface area contributed by atoms with E-state index in [0.29, 0.717) is 13.2 Å². The third-order valence-electron chi connectivity index (χ3n) is 4.80. The highest BCUT2D eigenvalue weighted by atomic mass is 16.7. The molecule has 0 spiro atoms. The van der Waals surface area contributed by atoms with Gasteiger partial charge < -0.3 is 30.1 Å². The summed E-state index contributed by atoms with van der Waals surface area (Å²) in [5.74, 6) is 0. The maximum atomic E-state index is 11.9. The van der Waals surface area contributed by atoms with Crippen LogP contribution in [0.1, 0.15) is 0 Å². The molecule has 5 atom stereocenters. The molecule has 0 aromatic rings. The number of likely N-dealkylation sites (N-methyl/N-ethyl adjacent to an activating group) is 1. The van der Waals surface area contributed by atoms with Crippen LogP contribution in [-0.4, -0.2) is 97.9 Å². The van der Waals surface area contributed by atoms with Crippen LogP contribution in [0.2, 0.25) is 0 Å². The lowest BCUT2D eigenvalue weighted by atomic mass is 9.94. The number of hydrogen-bond acceptors (Lipinski definition) is 6. The number of fused-ring (bicyclic) bond motifs is 2. The van der Waals surface area contributed by atoms with Gasteiger partial charge >= 0.3 is 6.03 Å². The molecule has 3 rings (SSSR count). The molecule has 2 amide bonds. The molecule has 0 unspecified atom stereocenters. The molecule has 3 N–H and O–H groups in total. The van der Waals surface area contributed by atoms with Gasteiger partial charge in [0.1, 0.15) is 6.10 Å². The molecule has 3 aliphatic rings. The number of rotatable bonds is 4. The van der Waals surface area contributed by atoms with Gasteiger partial charge in [-0.15, -0.1) is 6.58 Å². The van der Waals surface area contributed by atoms with Gasteiger partial charge in [-0.2, -0.15) is 0 Å². The van der Waals surface area contributed by atoms with E-state index in [4.69, 9.17) is 9.47 Å². The highest BCUT2D eigenvalue weighted by Crippen LogP contribution is 2.31. The van der Waals surface area contributed by atoms with Crippen molar-refractivity contribution in [1.29, 1.82) is 0 Å². The molecule has 3 fully saturated rings. The second-order valence-electron chi connectivity index (χ2n) is 6.37. The van der Waals surface area contributed by atoms with Gasteiger partial charge in [0.15, 0.2) is 6.29 Å². The zero-order chi connectivity index (χ0) is 16.4. The maximum Gasteiger partial charge on any atom is 0.315 e. The zero-order valence-corrected chi connectivity index (χ0v) is 13.5. The van der Waals surface area contributed by atoms with Crippen molar-refractivity contribution in [2.24, 2.45) is 0 Å². The summed E-state index contributed by atoms with van der Waals surface area (Å²) in [6.07, 6.45) is 0.148. The Morgan fingerprint density at radius 2 is 2.13 bits per heavy atom. The minimum absolute atomic E-state index is 0.257. The SMILES string of the molecule is C=CCNC(=O)N[C@H]1[C@H](O)[C@@H](N2CCN(C)CC2)[C@@H]2OC[C@H]1O2. The monoisotopic (exact) mass is 326 g/mol. The molecule has 0 aromatic heterocycles. The van der Waals surface area contributed by atoms with Crippen LogP contribution in [0.15, 0.2) is 12.7 Å². The molecule has 0 aromatic carbocycles. The van der Waals surface area contributed by atoms with Crippen molar-refractivity contribution < 1.29 is 19.4 Å². The Morgan fingerprint density at radius 1 is 1.39 bits per heavy atom. The summed E-state index contributed by atoms with van der Waals surface area (Å²) >= 11 is 0. The Kier molecular flexibility index (Phi) is 5.17. The number of nitrogens with zero attached hydrogens (tertiary/aromatic N) is 2. The summed E-state index contributed by atoms with van der Waals surface area (Å²) in [4.78, 5) is 16.4. The maximum absolute atomic E-state index is 11.9. The van der Waals surface area contributed by atoms with Crippen LogP contribution in [0.4, 0.5) is 4.79 Å². The minimum Gasteiger partial charge on any atom is -0.389 e. The van der Waals surface area contributed by atoms with E-state index in [0.717, 1.165) is 26.2 Å². The van der Waals surface area contributed by atoms with Crippen molar-refractivity contribution in [3.8, 4) is 0 Å². The quantitative estimate of drug-likeness (QED) is 0.550. The number of aliphatic hydroxyl groups excluding tert-OH is 1. The molecule has 8 heteroatoms. The summed E-state index contributed by atoms with van der Waals surface area (Å²) in [7, 11) is 2.08. The fraction of sp³-hybridized carbons (Fsp3) is 0.800.